The van der Waals surface area contributed by atoms with E-state index in [2.05, 4.69) is 4.74 Å². The second-order valence-electron chi connectivity index (χ2n) is 9.75. The third kappa shape index (κ3) is 4.91. The summed E-state index contributed by atoms with van der Waals surface area (Å²) in [4.78, 5) is 40.7. The number of hydrogen-bond donors (Lipinski definition) is 1. The first-order valence-electron chi connectivity index (χ1n) is 12.2. The molecule has 2 aliphatic carbocycles. The molecule has 0 saturated heterocycles. The van der Waals surface area contributed by atoms with E-state index < -0.39 is 53.6 Å². The van der Waals surface area contributed by atoms with Gasteiger partial charge in [-0.25, -0.2) is 8.78 Å². The summed E-state index contributed by atoms with van der Waals surface area (Å²) in [5, 5.41) is 9.05. The molecule has 0 bridgehead atoms. The first-order valence-corrected chi connectivity index (χ1v) is 12.2. The van der Waals surface area contributed by atoms with E-state index in [1.807, 2.05) is 0 Å². The Labute approximate surface area is 213 Å². The highest BCUT2D eigenvalue weighted by Crippen LogP contribution is 2.55. The number of fused-ring (bicyclic) bond motifs is 2. The van der Waals surface area contributed by atoms with Gasteiger partial charge in [0.05, 0.1) is 18.2 Å². The molecule has 2 aromatic rings. The molecule has 2 amide bonds. The third-order valence-electron chi connectivity index (χ3n) is 7.31. The van der Waals surface area contributed by atoms with E-state index in [0.29, 0.717) is 25.7 Å². The molecule has 2 saturated carbocycles. The molecule has 12 heteroatoms. The second kappa shape index (κ2) is 9.55. The number of carbonyl (C=O) groups excluding carboxylic acids is 2. The van der Waals surface area contributed by atoms with Crippen molar-refractivity contribution in [3.05, 3.63) is 59.2 Å². The zero-order valence-electron chi connectivity index (χ0n) is 19.9. The Kier molecular flexibility index (Phi) is 6.52. The van der Waals surface area contributed by atoms with Crippen molar-refractivity contribution in [1.82, 2.24) is 4.90 Å². The Morgan fingerprint density at radius 2 is 1.63 bits per heavy atom. The lowest BCUT2D eigenvalue weighted by molar-refractivity contribution is -0.274. The minimum absolute atomic E-state index is 0.0240. The molecule has 5 rings (SSSR count). The maximum Gasteiger partial charge on any atom is 0.573 e. The molecule has 0 unspecified atom stereocenters. The Morgan fingerprint density at radius 3 is 2.18 bits per heavy atom. The van der Waals surface area contributed by atoms with Gasteiger partial charge in [-0.2, -0.15) is 0 Å². The third-order valence-corrected chi connectivity index (χ3v) is 7.31. The van der Waals surface area contributed by atoms with Crippen LogP contribution in [-0.2, 0) is 9.59 Å². The van der Waals surface area contributed by atoms with Gasteiger partial charge < -0.3 is 19.6 Å². The van der Waals surface area contributed by atoms with Gasteiger partial charge in [-0.1, -0.05) is 0 Å². The maximum atomic E-state index is 14.5. The molecule has 0 spiro atoms. The average molecular weight is 538 g/mol. The van der Waals surface area contributed by atoms with Crippen LogP contribution in [-0.4, -0.2) is 46.2 Å². The van der Waals surface area contributed by atoms with Crippen molar-refractivity contribution in [1.29, 1.82) is 0 Å². The Hall–Kier alpha value is -3.70. The topological polar surface area (TPSA) is 87.2 Å². The number of nitrogens with zero attached hydrogens (tertiary/aromatic N) is 2. The molecule has 2 aromatic carbocycles. The minimum Gasteiger partial charge on any atom is -0.481 e. The van der Waals surface area contributed by atoms with Crippen molar-refractivity contribution >= 4 is 23.5 Å². The summed E-state index contributed by atoms with van der Waals surface area (Å²) in [6.07, 6.45) is -3.02. The number of halogens is 5. The van der Waals surface area contributed by atoms with Crippen molar-refractivity contribution in [2.75, 3.05) is 4.90 Å². The molecular formula is C26H23F5N2O5. The highest BCUT2D eigenvalue weighted by atomic mass is 19.4. The number of carboxylic acid groups (broad SMARTS) is 1. The predicted octanol–water partition coefficient (Wildman–Crippen LogP) is 5.20. The standard InChI is InChI=1S/C26H23F5N2O5/c27-18-11-17-21(12-19(18)28)33(25(37)13-1-5-15(6-2-13)38-26(29,30)31)20-8-7-16(20)24(17)32(14-3-4-14)22(34)9-10-23(35)36/h1-2,5-6,11-12,14,16,20,24H,3-4,7-10H2,(H,35,36)/t16-,20+,24-/m1/s1. The van der Waals surface area contributed by atoms with Gasteiger partial charge >= 0.3 is 12.3 Å². The van der Waals surface area contributed by atoms with Gasteiger partial charge in [0.25, 0.3) is 5.91 Å². The lowest BCUT2D eigenvalue weighted by Crippen LogP contribution is -2.59. The van der Waals surface area contributed by atoms with E-state index in [1.54, 1.807) is 4.90 Å². The van der Waals surface area contributed by atoms with Crippen molar-refractivity contribution in [2.24, 2.45) is 5.92 Å². The Morgan fingerprint density at radius 1 is 0.974 bits per heavy atom. The fourth-order valence-corrected chi connectivity index (χ4v) is 5.44. The van der Waals surface area contributed by atoms with Gasteiger partial charge in [0.2, 0.25) is 5.91 Å². The summed E-state index contributed by atoms with van der Waals surface area (Å²) in [6.45, 7) is 0. The molecule has 7 nitrogen and oxygen atoms in total. The molecule has 3 atom stereocenters. The summed E-state index contributed by atoms with van der Waals surface area (Å²) in [6, 6.07) is 4.89. The van der Waals surface area contributed by atoms with E-state index in [1.165, 1.54) is 4.90 Å². The lowest BCUT2D eigenvalue weighted by atomic mass is 9.67. The number of alkyl halides is 3. The summed E-state index contributed by atoms with van der Waals surface area (Å²) in [5.41, 5.74) is 0.342. The van der Waals surface area contributed by atoms with Crippen LogP contribution in [0.25, 0.3) is 0 Å². The minimum atomic E-state index is -4.90. The van der Waals surface area contributed by atoms with Gasteiger partial charge in [-0.15, -0.1) is 13.2 Å². The van der Waals surface area contributed by atoms with Crippen LogP contribution < -0.4 is 9.64 Å². The Balaban J connectivity index is 1.52. The van der Waals surface area contributed by atoms with Crippen LogP contribution in [0.1, 0.15) is 60.5 Å². The van der Waals surface area contributed by atoms with Crippen LogP contribution in [0, 0.1) is 17.6 Å². The molecule has 0 radical (unpaired) electrons. The smallest absolute Gasteiger partial charge is 0.481 e. The van der Waals surface area contributed by atoms with Crippen LogP contribution >= 0.6 is 0 Å². The van der Waals surface area contributed by atoms with Crippen LogP contribution in [0.4, 0.5) is 27.6 Å². The van der Waals surface area contributed by atoms with E-state index in [9.17, 15) is 36.3 Å². The largest absolute Gasteiger partial charge is 0.573 e. The number of benzene rings is 2. The number of amides is 2. The fraction of sp³-hybridized carbons (Fsp3) is 0.423. The molecule has 1 N–H and O–H groups in total. The van der Waals surface area contributed by atoms with Crippen molar-refractivity contribution < 1.29 is 46.2 Å². The molecule has 0 aromatic heterocycles. The van der Waals surface area contributed by atoms with Crippen LogP contribution in [0.5, 0.6) is 5.75 Å². The molecule has 202 valence electrons. The normalized spacial score (nSPS) is 22.1. The molecule has 1 heterocycles. The number of aliphatic carboxylic acids is 1. The van der Waals surface area contributed by atoms with Crippen LogP contribution in [0.3, 0.4) is 0 Å². The summed E-state index contributed by atoms with van der Waals surface area (Å²) >= 11 is 0. The number of carbonyl (C=O) groups is 3. The van der Waals surface area contributed by atoms with E-state index >= 15 is 0 Å². The highest BCUT2D eigenvalue weighted by Gasteiger charge is 2.53. The molecule has 1 aliphatic heterocycles. The molecular weight excluding hydrogens is 515 g/mol. The highest BCUT2D eigenvalue weighted by molar-refractivity contribution is 6.07. The average Bonchev–Trinajstić information content (AvgIpc) is 3.65. The zero-order chi connectivity index (χ0) is 27.4. The number of rotatable bonds is 7. The second-order valence-corrected chi connectivity index (χ2v) is 9.75. The molecule has 2 fully saturated rings. The first-order chi connectivity index (χ1) is 17.9. The van der Waals surface area contributed by atoms with Crippen LogP contribution in [0.2, 0.25) is 0 Å². The SMILES string of the molecule is O=C(O)CCC(=O)N(C1CC1)[C@H]1c2cc(F)c(F)cc2N(C(=O)c2ccc(OC(F)(F)F)cc2)[C@H]2CC[C@H]21. The number of anilines is 1. The number of carboxylic acids is 1. The van der Waals surface area contributed by atoms with Gasteiger partial charge in [0.1, 0.15) is 5.75 Å². The quantitative estimate of drug-likeness (QED) is 0.490. The van der Waals surface area contributed by atoms with E-state index in [0.717, 1.165) is 36.4 Å². The summed E-state index contributed by atoms with van der Waals surface area (Å²) < 4.78 is 70.4. The van der Waals surface area contributed by atoms with Gasteiger partial charge in [0.15, 0.2) is 11.6 Å². The maximum absolute atomic E-state index is 14.5. The summed E-state index contributed by atoms with van der Waals surface area (Å²) in [7, 11) is 0. The van der Waals surface area contributed by atoms with E-state index in [4.69, 9.17) is 5.11 Å². The zero-order valence-corrected chi connectivity index (χ0v) is 19.9. The molecule has 38 heavy (non-hydrogen) atoms. The van der Waals surface area contributed by atoms with Gasteiger partial charge in [-0.05, 0) is 56.0 Å². The fourth-order valence-electron chi connectivity index (χ4n) is 5.44. The summed E-state index contributed by atoms with van der Waals surface area (Å²) in [5.74, 6) is -5.30. The molecule has 3 aliphatic rings. The first kappa shape index (κ1) is 25.9. The van der Waals surface area contributed by atoms with Crippen molar-refractivity contribution in [2.45, 2.75) is 63.0 Å². The van der Waals surface area contributed by atoms with Crippen LogP contribution in [0.15, 0.2) is 36.4 Å². The Bertz CT molecular complexity index is 1280. The number of hydrogen-bond acceptors (Lipinski definition) is 4. The van der Waals surface area contributed by atoms with Crippen molar-refractivity contribution in [3.63, 3.8) is 0 Å². The van der Waals surface area contributed by atoms with Crippen molar-refractivity contribution in [3.8, 4) is 5.75 Å². The predicted molar refractivity (Wildman–Crippen MR) is 122 cm³/mol. The monoisotopic (exact) mass is 538 g/mol. The van der Waals surface area contributed by atoms with Gasteiger partial charge in [-0.3, -0.25) is 14.4 Å². The van der Waals surface area contributed by atoms with E-state index in [-0.39, 0.29) is 41.6 Å². The van der Waals surface area contributed by atoms with Gasteiger partial charge in [0, 0.05) is 41.6 Å². The lowest BCUT2D eigenvalue weighted by Gasteiger charge is -2.55. The number of ether oxygens (including phenoxy) is 1.